The first-order chi connectivity index (χ1) is 10.3. The number of piperazine rings is 1. The summed E-state index contributed by atoms with van der Waals surface area (Å²) in [5.41, 5.74) is 0. The van der Waals surface area contributed by atoms with Crippen LogP contribution in [0.1, 0.15) is 35.6 Å². The van der Waals surface area contributed by atoms with E-state index in [1.165, 1.54) is 12.8 Å². The molecule has 5 nitrogen and oxygen atoms in total. The first-order valence-electron chi connectivity index (χ1n) is 7.40. The zero-order valence-corrected chi connectivity index (χ0v) is 12.6. The molecule has 0 spiro atoms. The first-order valence-corrected chi connectivity index (χ1v) is 8.28. The minimum Gasteiger partial charge on any atom is -0.353 e. The number of thiophene rings is 1. The second-order valence-corrected chi connectivity index (χ2v) is 6.64. The highest BCUT2D eigenvalue weighted by Gasteiger charge is 2.33. The Hall–Kier alpha value is -1.66. The summed E-state index contributed by atoms with van der Waals surface area (Å²) >= 11 is 1.64. The van der Waals surface area contributed by atoms with E-state index in [-0.39, 0.29) is 11.9 Å². The lowest BCUT2D eigenvalue weighted by Gasteiger charge is -2.34. The number of imidazole rings is 1. The summed E-state index contributed by atoms with van der Waals surface area (Å²) in [5, 5.41) is 5.01. The van der Waals surface area contributed by atoms with Crippen molar-refractivity contribution in [2.24, 2.45) is 0 Å². The Morgan fingerprint density at radius 3 is 3.10 bits per heavy atom. The molecule has 1 amide bonds. The van der Waals surface area contributed by atoms with Gasteiger partial charge in [-0.15, -0.1) is 11.3 Å². The van der Waals surface area contributed by atoms with E-state index in [2.05, 4.69) is 26.0 Å². The molecule has 2 aromatic heterocycles. The van der Waals surface area contributed by atoms with E-state index in [4.69, 9.17) is 0 Å². The lowest BCUT2D eigenvalue weighted by Crippen LogP contribution is -2.49. The minimum absolute atomic E-state index is 0.105. The van der Waals surface area contributed by atoms with Gasteiger partial charge in [0.05, 0.1) is 6.54 Å². The van der Waals surface area contributed by atoms with Crippen LogP contribution in [0.4, 0.5) is 0 Å². The Labute approximate surface area is 127 Å². The number of nitrogens with one attached hydrogen (secondary N) is 1. The van der Waals surface area contributed by atoms with Crippen molar-refractivity contribution in [2.45, 2.75) is 31.5 Å². The second-order valence-electron chi connectivity index (χ2n) is 5.66. The monoisotopic (exact) mass is 302 g/mol. The van der Waals surface area contributed by atoms with Crippen molar-refractivity contribution in [3.8, 4) is 0 Å². The molecule has 1 aliphatic heterocycles. The van der Waals surface area contributed by atoms with Gasteiger partial charge in [-0.25, -0.2) is 4.98 Å². The van der Waals surface area contributed by atoms with Crippen molar-refractivity contribution in [2.75, 3.05) is 13.1 Å². The van der Waals surface area contributed by atoms with Gasteiger partial charge in [-0.3, -0.25) is 9.69 Å². The molecule has 0 bridgehead atoms. The number of hydrogen-bond donors (Lipinski definition) is 1. The predicted molar refractivity (Wildman–Crippen MR) is 81.0 cm³/mol. The summed E-state index contributed by atoms with van der Waals surface area (Å²) in [6.07, 6.45) is 6.44. The molecule has 110 valence electrons. The van der Waals surface area contributed by atoms with Crippen LogP contribution in [0.3, 0.4) is 0 Å². The fourth-order valence-corrected chi connectivity index (χ4v) is 3.83. The Bertz CT molecular complexity index is 632. The number of aromatic nitrogens is 2. The summed E-state index contributed by atoms with van der Waals surface area (Å²) in [7, 11) is 0. The van der Waals surface area contributed by atoms with Crippen LogP contribution >= 0.6 is 11.3 Å². The van der Waals surface area contributed by atoms with Crippen molar-refractivity contribution >= 4 is 17.2 Å². The van der Waals surface area contributed by atoms with E-state index in [1.807, 2.05) is 23.7 Å². The summed E-state index contributed by atoms with van der Waals surface area (Å²) < 4.78 is 2.28. The molecule has 0 aromatic carbocycles. The number of rotatable bonds is 4. The molecule has 2 aromatic rings. The van der Waals surface area contributed by atoms with Crippen LogP contribution in [0, 0.1) is 0 Å². The molecule has 21 heavy (non-hydrogen) atoms. The lowest BCUT2D eigenvalue weighted by molar-refractivity contribution is -0.129. The molecule has 2 fully saturated rings. The second kappa shape index (κ2) is 5.27. The van der Waals surface area contributed by atoms with Crippen molar-refractivity contribution in [3.05, 3.63) is 40.6 Å². The van der Waals surface area contributed by atoms with E-state index in [1.54, 1.807) is 11.3 Å². The average molecular weight is 302 g/mol. The normalized spacial score (nSPS) is 23.2. The van der Waals surface area contributed by atoms with Crippen molar-refractivity contribution in [3.63, 3.8) is 0 Å². The number of nitrogens with zero attached hydrogens (tertiary/aromatic N) is 3. The number of carbonyl (C=O) groups excluding carboxylic acids is 1. The minimum atomic E-state index is -0.178. The Morgan fingerprint density at radius 1 is 1.43 bits per heavy atom. The topological polar surface area (TPSA) is 50.2 Å². The molecule has 1 N–H and O–H groups in total. The Morgan fingerprint density at radius 2 is 2.33 bits per heavy atom. The Balaban J connectivity index is 1.59. The molecule has 1 atom stereocenters. The SMILES string of the molecule is O=C1NCCN(Cc2nccn2C2CC2)C1c1cccs1. The predicted octanol–water partition coefficient (Wildman–Crippen LogP) is 1.95. The van der Waals surface area contributed by atoms with E-state index >= 15 is 0 Å². The molecule has 1 aliphatic carbocycles. The summed E-state index contributed by atoms with van der Waals surface area (Å²) in [6, 6.07) is 4.50. The largest absolute Gasteiger partial charge is 0.353 e. The van der Waals surface area contributed by atoms with E-state index in [0.29, 0.717) is 12.6 Å². The number of hydrogen-bond acceptors (Lipinski definition) is 4. The van der Waals surface area contributed by atoms with Crippen molar-refractivity contribution in [1.29, 1.82) is 0 Å². The third-order valence-electron chi connectivity index (χ3n) is 4.16. The van der Waals surface area contributed by atoms with E-state index in [0.717, 1.165) is 23.8 Å². The molecular weight excluding hydrogens is 284 g/mol. The smallest absolute Gasteiger partial charge is 0.242 e. The van der Waals surface area contributed by atoms with E-state index in [9.17, 15) is 4.79 Å². The molecule has 2 aliphatic rings. The van der Waals surface area contributed by atoms with Gasteiger partial charge in [-0.05, 0) is 24.3 Å². The van der Waals surface area contributed by atoms with Crippen LogP contribution < -0.4 is 5.32 Å². The highest BCUT2D eigenvalue weighted by molar-refractivity contribution is 7.10. The van der Waals surface area contributed by atoms with E-state index < -0.39 is 0 Å². The number of amides is 1. The average Bonchev–Trinajstić information content (AvgIpc) is 2.99. The molecule has 0 radical (unpaired) electrons. The Kier molecular flexibility index (Phi) is 3.27. The molecule has 6 heteroatoms. The zero-order valence-electron chi connectivity index (χ0n) is 11.7. The van der Waals surface area contributed by atoms with Crippen LogP contribution in [-0.4, -0.2) is 33.4 Å². The standard InChI is InChI=1S/C15H18N4OS/c20-15-14(12-2-1-9-21-12)18(7-5-17-15)10-13-16-6-8-19(13)11-3-4-11/h1-2,6,8-9,11,14H,3-5,7,10H2,(H,17,20). The maximum absolute atomic E-state index is 12.3. The quantitative estimate of drug-likeness (QED) is 0.939. The fourth-order valence-electron chi connectivity index (χ4n) is 2.97. The van der Waals surface area contributed by atoms with Crippen LogP contribution in [0.15, 0.2) is 29.9 Å². The van der Waals surface area contributed by atoms with Crippen LogP contribution in [0.5, 0.6) is 0 Å². The maximum Gasteiger partial charge on any atom is 0.242 e. The number of carbonyl (C=O) groups is 1. The van der Waals surface area contributed by atoms with Gasteiger partial charge in [0.1, 0.15) is 11.9 Å². The van der Waals surface area contributed by atoms with Crippen LogP contribution in [0.25, 0.3) is 0 Å². The van der Waals surface area contributed by atoms with Crippen molar-refractivity contribution < 1.29 is 4.79 Å². The zero-order chi connectivity index (χ0) is 14.2. The van der Waals surface area contributed by atoms with Crippen molar-refractivity contribution in [1.82, 2.24) is 19.8 Å². The van der Waals surface area contributed by atoms with Gasteiger partial charge in [0.2, 0.25) is 5.91 Å². The van der Waals surface area contributed by atoms with Gasteiger partial charge in [0, 0.05) is 36.4 Å². The molecule has 1 unspecified atom stereocenters. The van der Waals surface area contributed by atoms with Crippen LogP contribution in [0.2, 0.25) is 0 Å². The first kappa shape index (κ1) is 13.0. The third kappa shape index (κ3) is 2.49. The van der Waals surface area contributed by atoms with Gasteiger partial charge in [-0.1, -0.05) is 6.07 Å². The lowest BCUT2D eigenvalue weighted by atomic mass is 10.1. The highest BCUT2D eigenvalue weighted by atomic mass is 32.1. The van der Waals surface area contributed by atoms with Gasteiger partial charge in [-0.2, -0.15) is 0 Å². The highest BCUT2D eigenvalue weighted by Crippen LogP contribution is 2.36. The molecule has 1 saturated heterocycles. The third-order valence-corrected chi connectivity index (χ3v) is 5.08. The van der Waals surface area contributed by atoms with Gasteiger partial charge < -0.3 is 9.88 Å². The summed E-state index contributed by atoms with van der Waals surface area (Å²) in [5.74, 6) is 1.18. The van der Waals surface area contributed by atoms with Gasteiger partial charge >= 0.3 is 0 Å². The summed E-state index contributed by atoms with van der Waals surface area (Å²) in [6.45, 7) is 2.32. The van der Waals surface area contributed by atoms with Gasteiger partial charge in [0.15, 0.2) is 0 Å². The molecule has 3 heterocycles. The van der Waals surface area contributed by atoms with Crippen LogP contribution in [-0.2, 0) is 11.3 Å². The maximum atomic E-state index is 12.3. The van der Waals surface area contributed by atoms with Gasteiger partial charge in [0.25, 0.3) is 0 Å². The molecule has 1 saturated carbocycles. The molecular formula is C15H18N4OS. The summed E-state index contributed by atoms with van der Waals surface area (Å²) in [4.78, 5) is 20.1. The molecule has 4 rings (SSSR count). The fraction of sp³-hybridized carbons (Fsp3) is 0.467.